The van der Waals surface area contributed by atoms with E-state index in [1.165, 1.54) is 31.5 Å². The van der Waals surface area contributed by atoms with Gasteiger partial charge in [-0.1, -0.05) is 6.42 Å². The molecule has 0 bridgehead atoms. The molecule has 1 aliphatic rings. The van der Waals surface area contributed by atoms with Gasteiger partial charge in [0.15, 0.2) is 5.69 Å². The quantitative estimate of drug-likeness (QED) is 0.851. The molecule has 0 atom stereocenters. The fraction of sp³-hybridized carbons (Fsp3) is 0.500. The number of hydrogen-bond donors (Lipinski definition) is 1. The van der Waals surface area contributed by atoms with Crippen molar-refractivity contribution < 1.29 is 14.6 Å². The minimum Gasteiger partial charge on any atom is -0.490 e. The van der Waals surface area contributed by atoms with E-state index in [9.17, 15) is 4.79 Å². The van der Waals surface area contributed by atoms with Crippen LogP contribution in [0.2, 0.25) is 0 Å². The van der Waals surface area contributed by atoms with Gasteiger partial charge in [-0.2, -0.15) is 0 Å². The highest BCUT2D eigenvalue weighted by Crippen LogP contribution is 2.23. The molecular formula is C12H15NO3. The minimum absolute atomic E-state index is 0.0355. The summed E-state index contributed by atoms with van der Waals surface area (Å²) >= 11 is 0. The molecule has 0 radical (unpaired) electrons. The Hall–Kier alpha value is -1.58. The van der Waals surface area contributed by atoms with Gasteiger partial charge in [-0.3, -0.25) is 0 Å². The molecule has 1 N–H and O–H groups in total. The van der Waals surface area contributed by atoms with E-state index in [1.54, 1.807) is 6.07 Å². The van der Waals surface area contributed by atoms with E-state index < -0.39 is 5.97 Å². The lowest BCUT2D eigenvalue weighted by Gasteiger charge is -2.22. The Balaban J connectivity index is 2.02. The first-order valence-corrected chi connectivity index (χ1v) is 5.62. The average Bonchev–Trinajstić information content (AvgIpc) is 2.30. The SMILES string of the molecule is O=C(O)c1cc(OC2CCCCC2)ccn1. The van der Waals surface area contributed by atoms with Crippen LogP contribution >= 0.6 is 0 Å². The van der Waals surface area contributed by atoms with Crippen molar-refractivity contribution in [3.05, 3.63) is 24.0 Å². The van der Waals surface area contributed by atoms with Crippen molar-refractivity contribution in [3.8, 4) is 5.75 Å². The average molecular weight is 221 g/mol. The highest BCUT2D eigenvalue weighted by molar-refractivity contribution is 5.85. The van der Waals surface area contributed by atoms with Crippen LogP contribution in [-0.2, 0) is 0 Å². The van der Waals surface area contributed by atoms with Crippen molar-refractivity contribution in [1.29, 1.82) is 0 Å². The third-order valence-corrected chi connectivity index (χ3v) is 2.81. The molecule has 1 aromatic rings. The lowest BCUT2D eigenvalue weighted by Crippen LogP contribution is -2.19. The van der Waals surface area contributed by atoms with E-state index in [1.807, 2.05) is 0 Å². The summed E-state index contributed by atoms with van der Waals surface area (Å²) in [6.07, 6.45) is 7.49. The van der Waals surface area contributed by atoms with Gasteiger partial charge in [0.05, 0.1) is 6.10 Å². The molecule has 0 aliphatic heterocycles. The molecular weight excluding hydrogens is 206 g/mol. The lowest BCUT2D eigenvalue weighted by molar-refractivity contribution is 0.0689. The molecule has 1 fully saturated rings. The Morgan fingerprint density at radius 2 is 2.12 bits per heavy atom. The second-order valence-corrected chi connectivity index (χ2v) is 4.06. The van der Waals surface area contributed by atoms with Crippen LogP contribution in [0.4, 0.5) is 0 Å². The molecule has 1 saturated carbocycles. The molecule has 1 aliphatic carbocycles. The number of aromatic carboxylic acids is 1. The smallest absolute Gasteiger partial charge is 0.354 e. The molecule has 86 valence electrons. The third-order valence-electron chi connectivity index (χ3n) is 2.81. The van der Waals surface area contributed by atoms with Gasteiger partial charge < -0.3 is 9.84 Å². The summed E-state index contributed by atoms with van der Waals surface area (Å²) in [5.41, 5.74) is 0.0355. The summed E-state index contributed by atoms with van der Waals surface area (Å²) in [5, 5.41) is 8.80. The van der Waals surface area contributed by atoms with Gasteiger partial charge in [0.1, 0.15) is 5.75 Å². The zero-order chi connectivity index (χ0) is 11.4. The van der Waals surface area contributed by atoms with E-state index in [0.29, 0.717) is 5.75 Å². The van der Waals surface area contributed by atoms with E-state index in [-0.39, 0.29) is 11.8 Å². The zero-order valence-electron chi connectivity index (χ0n) is 9.06. The Morgan fingerprint density at radius 1 is 1.38 bits per heavy atom. The Morgan fingerprint density at radius 3 is 2.81 bits per heavy atom. The van der Waals surface area contributed by atoms with Crippen LogP contribution in [0.5, 0.6) is 5.75 Å². The summed E-state index contributed by atoms with van der Waals surface area (Å²) < 4.78 is 5.74. The lowest BCUT2D eigenvalue weighted by atomic mass is 9.98. The molecule has 0 aromatic carbocycles. The van der Waals surface area contributed by atoms with Gasteiger partial charge in [0.25, 0.3) is 0 Å². The summed E-state index contributed by atoms with van der Waals surface area (Å²) in [7, 11) is 0. The number of rotatable bonds is 3. The van der Waals surface area contributed by atoms with E-state index in [4.69, 9.17) is 9.84 Å². The van der Waals surface area contributed by atoms with Crippen molar-refractivity contribution in [2.75, 3.05) is 0 Å². The second-order valence-electron chi connectivity index (χ2n) is 4.06. The molecule has 4 heteroatoms. The summed E-state index contributed by atoms with van der Waals surface area (Å²) in [4.78, 5) is 14.5. The summed E-state index contributed by atoms with van der Waals surface area (Å²) in [5.74, 6) is -0.409. The second kappa shape index (κ2) is 4.96. The maximum Gasteiger partial charge on any atom is 0.354 e. The van der Waals surface area contributed by atoms with E-state index >= 15 is 0 Å². The molecule has 2 rings (SSSR count). The van der Waals surface area contributed by atoms with Crippen molar-refractivity contribution in [2.24, 2.45) is 0 Å². The highest BCUT2D eigenvalue weighted by atomic mass is 16.5. The first kappa shape index (κ1) is 10.9. The Labute approximate surface area is 94.3 Å². The van der Waals surface area contributed by atoms with Gasteiger partial charge in [-0.25, -0.2) is 9.78 Å². The predicted molar refractivity (Wildman–Crippen MR) is 58.7 cm³/mol. The number of carbonyl (C=O) groups is 1. The maximum atomic E-state index is 10.7. The topological polar surface area (TPSA) is 59.4 Å². The number of nitrogens with zero attached hydrogens (tertiary/aromatic N) is 1. The summed E-state index contributed by atoms with van der Waals surface area (Å²) in [6.45, 7) is 0. The maximum absolute atomic E-state index is 10.7. The van der Waals surface area contributed by atoms with Crippen LogP contribution in [0.15, 0.2) is 18.3 Å². The third kappa shape index (κ3) is 2.72. The van der Waals surface area contributed by atoms with Crippen LogP contribution in [0.1, 0.15) is 42.6 Å². The molecule has 0 spiro atoms. The molecule has 0 unspecified atom stereocenters. The van der Waals surface area contributed by atoms with Crippen molar-refractivity contribution in [1.82, 2.24) is 4.98 Å². The van der Waals surface area contributed by atoms with Crippen LogP contribution in [0.25, 0.3) is 0 Å². The number of hydrogen-bond acceptors (Lipinski definition) is 3. The van der Waals surface area contributed by atoms with Gasteiger partial charge in [-0.05, 0) is 31.7 Å². The van der Waals surface area contributed by atoms with E-state index in [0.717, 1.165) is 12.8 Å². The first-order valence-electron chi connectivity index (χ1n) is 5.62. The minimum atomic E-state index is -1.02. The molecule has 0 amide bonds. The van der Waals surface area contributed by atoms with Crippen molar-refractivity contribution in [3.63, 3.8) is 0 Å². The van der Waals surface area contributed by atoms with Crippen LogP contribution in [0, 0.1) is 0 Å². The standard InChI is InChI=1S/C12H15NO3/c14-12(15)11-8-10(6-7-13-11)16-9-4-2-1-3-5-9/h6-9H,1-5H2,(H,14,15). The predicted octanol–water partition coefficient (Wildman–Crippen LogP) is 2.49. The van der Waals surface area contributed by atoms with Crippen LogP contribution in [-0.4, -0.2) is 22.2 Å². The van der Waals surface area contributed by atoms with Crippen LogP contribution in [0.3, 0.4) is 0 Å². The monoisotopic (exact) mass is 221 g/mol. The number of carboxylic acids is 1. The van der Waals surface area contributed by atoms with Crippen molar-refractivity contribution in [2.45, 2.75) is 38.2 Å². The number of pyridine rings is 1. The van der Waals surface area contributed by atoms with Gasteiger partial charge in [0.2, 0.25) is 0 Å². The molecule has 4 nitrogen and oxygen atoms in total. The number of carboxylic acid groups (broad SMARTS) is 1. The first-order chi connectivity index (χ1) is 7.75. The van der Waals surface area contributed by atoms with Gasteiger partial charge >= 0.3 is 5.97 Å². The zero-order valence-corrected chi connectivity index (χ0v) is 9.06. The normalized spacial score (nSPS) is 17.0. The Kier molecular flexibility index (Phi) is 3.39. The number of ether oxygens (including phenoxy) is 1. The molecule has 0 saturated heterocycles. The number of aromatic nitrogens is 1. The van der Waals surface area contributed by atoms with Gasteiger partial charge in [0, 0.05) is 12.3 Å². The van der Waals surface area contributed by atoms with Gasteiger partial charge in [-0.15, -0.1) is 0 Å². The van der Waals surface area contributed by atoms with E-state index in [2.05, 4.69) is 4.98 Å². The van der Waals surface area contributed by atoms with Crippen molar-refractivity contribution >= 4 is 5.97 Å². The molecule has 1 aromatic heterocycles. The fourth-order valence-electron chi connectivity index (χ4n) is 1.98. The Bertz CT molecular complexity index is 372. The molecule has 1 heterocycles. The largest absolute Gasteiger partial charge is 0.490 e. The fourth-order valence-corrected chi connectivity index (χ4v) is 1.98. The highest BCUT2D eigenvalue weighted by Gasteiger charge is 2.15. The molecule has 16 heavy (non-hydrogen) atoms. The van der Waals surface area contributed by atoms with Crippen LogP contribution < -0.4 is 4.74 Å². The summed E-state index contributed by atoms with van der Waals surface area (Å²) in [6, 6.07) is 3.19.